The van der Waals surface area contributed by atoms with E-state index in [1.165, 1.54) is 0 Å². The first-order valence-corrected chi connectivity index (χ1v) is 9.73. The molecule has 0 radical (unpaired) electrons. The van der Waals surface area contributed by atoms with Crippen molar-refractivity contribution in [3.63, 3.8) is 0 Å². The molecule has 2 unspecified atom stereocenters. The third kappa shape index (κ3) is 2.97. The normalized spacial score (nSPS) is 22.5. The van der Waals surface area contributed by atoms with Crippen LogP contribution in [-0.4, -0.2) is 55.5 Å². The molecule has 146 valence electrons. The van der Waals surface area contributed by atoms with Gasteiger partial charge in [0.2, 0.25) is 5.95 Å². The van der Waals surface area contributed by atoms with Crippen molar-refractivity contribution in [1.29, 1.82) is 0 Å². The molecule has 1 aromatic carbocycles. The topological polar surface area (TPSA) is 68.7 Å². The summed E-state index contributed by atoms with van der Waals surface area (Å²) in [7, 11) is 3.91. The lowest BCUT2D eigenvalue weighted by Gasteiger charge is -2.35. The van der Waals surface area contributed by atoms with Crippen molar-refractivity contribution < 1.29 is 4.39 Å². The van der Waals surface area contributed by atoms with E-state index >= 15 is 0 Å². The van der Waals surface area contributed by atoms with Crippen molar-refractivity contribution in [2.45, 2.75) is 31.5 Å². The quantitative estimate of drug-likeness (QED) is 0.847. The van der Waals surface area contributed by atoms with E-state index in [2.05, 4.69) is 20.5 Å². The molecule has 2 atom stereocenters. The smallest absolute Gasteiger partial charge is 0.229 e. The number of fused-ring (bicyclic) bond motifs is 3. The number of piperazine rings is 1. The number of nitrogens with one attached hydrogen (secondary N) is 2. The minimum atomic E-state index is -0.293. The molecule has 7 nitrogen and oxygen atoms in total. The summed E-state index contributed by atoms with van der Waals surface area (Å²) in [5, 5.41) is 6.65. The second-order valence-corrected chi connectivity index (χ2v) is 7.88. The molecule has 0 amide bonds. The number of benzene rings is 1. The second kappa shape index (κ2) is 6.70. The summed E-state index contributed by atoms with van der Waals surface area (Å²) in [6, 6.07) is 6.03. The van der Waals surface area contributed by atoms with Crippen LogP contribution in [0.5, 0.6) is 0 Å². The maximum atomic E-state index is 14.6. The molecular formula is C20H24FN7. The molecule has 1 aromatic heterocycles. The van der Waals surface area contributed by atoms with Crippen LogP contribution >= 0.6 is 0 Å². The summed E-state index contributed by atoms with van der Waals surface area (Å²) in [5.41, 5.74) is 2.27. The average molecular weight is 381 g/mol. The van der Waals surface area contributed by atoms with Gasteiger partial charge in [-0.25, -0.2) is 4.39 Å². The molecule has 3 aliphatic heterocycles. The van der Waals surface area contributed by atoms with Gasteiger partial charge < -0.3 is 20.4 Å². The molecule has 2 bridgehead atoms. The van der Waals surface area contributed by atoms with Gasteiger partial charge in [0, 0.05) is 51.5 Å². The fraction of sp³-hybridized carbons (Fsp3) is 0.450. The predicted octanol–water partition coefficient (Wildman–Crippen LogP) is 2.30. The Kier molecular flexibility index (Phi) is 4.16. The van der Waals surface area contributed by atoms with E-state index in [4.69, 9.17) is 9.97 Å². The number of aliphatic imine (C=N–C) groups is 1. The van der Waals surface area contributed by atoms with Gasteiger partial charge in [0.15, 0.2) is 0 Å². The Morgan fingerprint density at radius 3 is 2.68 bits per heavy atom. The van der Waals surface area contributed by atoms with Crippen LogP contribution in [0.2, 0.25) is 0 Å². The molecule has 8 heteroatoms. The largest absolute Gasteiger partial charge is 0.363 e. The molecule has 4 heterocycles. The van der Waals surface area contributed by atoms with Crippen LogP contribution in [0.25, 0.3) is 0 Å². The van der Waals surface area contributed by atoms with E-state index < -0.39 is 0 Å². The molecule has 0 spiro atoms. The first kappa shape index (κ1) is 17.4. The number of halogens is 1. The molecule has 2 N–H and O–H groups in total. The highest BCUT2D eigenvalue weighted by atomic mass is 19.1. The van der Waals surface area contributed by atoms with E-state index in [0.29, 0.717) is 36.1 Å². The molecule has 3 aliphatic rings. The van der Waals surface area contributed by atoms with Gasteiger partial charge in [0.05, 0.1) is 12.2 Å². The van der Waals surface area contributed by atoms with Gasteiger partial charge in [0.25, 0.3) is 0 Å². The molecule has 2 saturated heterocycles. The minimum absolute atomic E-state index is 0.293. The van der Waals surface area contributed by atoms with Crippen LogP contribution in [0, 0.1) is 5.82 Å². The van der Waals surface area contributed by atoms with Gasteiger partial charge in [-0.3, -0.25) is 4.99 Å². The first-order valence-electron chi connectivity index (χ1n) is 9.73. The molecule has 2 aromatic rings. The van der Waals surface area contributed by atoms with Crippen LogP contribution < -0.4 is 20.4 Å². The number of hydrogen-bond donors (Lipinski definition) is 2. The minimum Gasteiger partial charge on any atom is -0.363 e. The molecule has 0 saturated carbocycles. The van der Waals surface area contributed by atoms with Gasteiger partial charge in [-0.2, -0.15) is 9.97 Å². The monoisotopic (exact) mass is 381 g/mol. The Labute approximate surface area is 163 Å². The van der Waals surface area contributed by atoms with Crippen LogP contribution in [0.4, 0.5) is 27.7 Å². The van der Waals surface area contributed by atoms with Crippen molar-refractivity contribution in [3.8, 4) is 0 Å². The molecule has 0 aliphatic carbocycles. The summed E-state index contributed by atoms with van der Waals surface area (Å²) in [6.07, 6.45) is 4.08. The van der Waals surface area contributed by atoms with Crippen molar-refractivity contribution in [2.75, 3.05) is 42.3 Å². The molecular weight excluding hydrogens is 357 g/mol. The summed E-state index contributed by atoms with van der Waals surface area (Å²) in [6.45, 7) is 2.45. The lowest BCUT2D eigenvalue weighted by Crippen LogP contribution is -2.52. The van der Waals surface area contributed by atoms with Crippen LogP contribution in [0.15, 0.2) is 23.2 Å². The van der Waals surface area contributed by atoms with Crippen molar-refractivity contribution in [3.05, 3.63) is 35.1 Å². The lowest BCUT2D eigenvalue weighted by atomic mass is 10.1. The zero-order valence-electron chi connectivity index (χ0n) is 16.1. The van der Waals surface area contributed by atoms with E-state index in [9.17, 15) is 4.39 Å². The van der Waals surface area contributed by atoms with Crippen molar-refractivity contribution in [1.82, 2.24) is 15.3 Å². The molecule has 28 heavy (non-hydrogen) atoms. The summed E-state index contributed by atoms with van der Waals surface area (Å²) in [5.74, 6) is 1.82. The Balaban J connectivity index is 1.51. The number of hydrogen-bond acceptors (Lipinski definition) is 7. The van der Waals surface area contributed by atoms with Gasteiger partial charge in [-0.1, -0.05) is 0 Å². The highest BCUT2D eigenvalue weighted by Gasteiger charge is 2.38. The van der Waals surface area contributed by atoms with E-state index in [1.807, 2.05) is 25.1 Å². The highest BCUT2D eigenvalue weighted by Crippen LogP contribution is 2.33. The van der Waals surface area contributed by atoms with Crippen LogP contribution in [0.3, 0.4) is 0 Å². The second-order valence-electron chi connectivity index (χ2n) is 7.88. The van der Waals surface area contributed by atoms with E-state index in [0.717, 1.165) is 42.9 Å². The summed E-state index contributed by atoms with van der Waals surface area (Å²) < 4.78 is 14.6. The summed E-state index contributed by atoms with van der Waals surface area (Å²) >= 11 is 0. The fourth-order valence-corrected chi connectivity index (χ4v) is 4.30. The first-order chi connectivity index (χ1) is 13.6. The zero-order chi connectivity index (χ0) is 19.3. The number of rotatable bonds is 4. The van der Waals surface area contributed by atoms with Gasteiger partial charge in [0.1, 0.15) is 17.5 Å². The Morgan fingerprint density at radius 2 is 1.93 bits per heavy atom. The van der Waals surface area contributed by atoms with Crippen molar-refractivity contribution >= 4 is 29.5 Å². The number of anilines is 4. The molecule has 5 rings (SSSR count). The third-order valence-corrected chi connectivity index (χ3v) is 5.75. The zero-order valence-corrected chi connectivity index (χ0v) is 16.1. The maximum absolute atomic E-state index is 14.6. The SMILES string of the molecule is CN(C)c1cc(Nc2cc3c(cc2F)CN=C3)nc(N2C3CCC2CNC3)n1. The fourth-order valence-electron chi connectivity index (χ4n) is 4.30. The Hall–Kier alpha value is -2.74. The van der Waals surface area contributed by atoms with Crippen molar-refractivity contribution in [2.24, 2.45) is 4.99 Å². The molecule has 2 fully saturated rings. The standard InChI is InChI=1S/C20H24FN7/c1-27(2)19-7-18(24-17-6-13-9-22-8-12(13)5-16(17)21)25-20(26-19)28-14-3-4-15(28)11-23-10-14/h5-7,9,14-15,23H,3-4,8,10-11H2,1-2H3,(H,24,25,26). The predicted molar refractivity (Wildman–Crippen MR) is 109 cm³/mol. The average Bonchev–Trinajstić information content (AvgIpc) is 3.22. The summed E-state index contributed by atoms with van der Waals surface area (Å²) in [4.78, 5) is 18.0. The lowest BCUT2D eigenvalue weighted by molar-refractivity contribution is 0.477. The number of nitrogens with zero attached hydrogens (tertiary/aromatic N) is 5. The van der Waals surface area contributed by atoms with Gasteiger partial charge in [-0.05, 0) is 36.1 Å². The maximum Gasteiger partial charge on any atom is 0.229 e. The van der Waals surface area contributed by atoms with E-state index in [1.54, 1.807) is 18.3 Å². The van der Waals surface area contributed by atoms with Crippen LogP contribution in [-0.2, 0) is 6.54 Å². The Bertz CT molecular complexity index is 926. The van der Waals surface area contributed by atoms with E-state index in [-0.39, 0.29) is 5.82 Å². The number of aromatic nitrogens is 2. The third-order valence-electron chi connectivity index (χ3n) is 5.75. The van der Waals surface area contributed by atoms with Gasteiger partial charge in [-0.15, -0.1) is 0 Å². The highest BCUT2D eigenvalue weighted by molar-refractivity contribution is 5.86. The van der Waals surface area contributed by atoms with Gasteiger partial charge >= 0.3 is 0 Å². The van der Waals surface area contributed by atoms with Crippen LogP contribution in [0.1, 0.15) is 24.0 Å². The Morgan fingerprint density at radius 1 is 1.14 bits per heavy atom.